The summed E-state index contributed by atoms with van der Waals surface area (Å²) in [5, 5.41) is 4.04. The molecule has 1 aromatic carbocycles. The van der Waals surface area contributed by atoms with Gasteiger partial charge in [0.2, 0.25) is 0 Å². The van der Waals surface area contributed by atoms with Crippen LogP contribution in [0.2, 0.25) is 5.02 Å². The fraction of sp³-hybridized carbons (Fsp3) is 0.167. The van der Waals surface area contributed by atoms with Gasteiger partial charge in [-0.2, -0.15) is 11.3 Å². The van der Waals surface area contributed by atoms with E-state index in [1.807, 2.05) is 16.8 Å². The summed E-state index contributed by atoms with van der Waals surface area (Å²) in [5.74, 6) is 0.0116. The van der Waals surface area contributed by atoms with Crippen LogP contribution in [0.25, 0.3) is 0 Å². The zero-order chi connectivity index (χ0) is 13.2. The predicted molar refractivity (Wildman–Crippen MR) is 75.9 cm³/mol. The van der Waals surface area contributed by atoms with Gasteiger partial charge in [0.05, 0.1) is 16.5 Å². The summed E-state index contributed by atoms with van der Waals surface area (Å²) >= 11 is 7.46. The highest BCUT2D eigenvalue weighted by molar-refractivity contribution is 7.91. The van der Waals surface area contributed by atoms with E-state index >= 15 is 0 Å². The minimum Gasteiger partial charge on any atom is -0.398 e. The van der Waals surface area contributed by atoms with Crippen molar-refractivity contribution < 1.29 is 8.42 Å². The fourth-order valence-electron chi connectivity index (χ4n) is 1.64. The van der Waals surface area contributed by atoms with Gasteiger partial charge in [-0.25, -0.2) is 8.42 Å². The first-order valence-electron chi connectivity index (χ1n) is 5.28. The van der Waals surface area contributed by atoms with Crippen LogP contribution in [0.15, 0.2) is 39.9 Å². The first-order valence-corrected chi connectivity index (χ1v) is 8.26. The van der Waals surface area contributed by atoms with Gasteiger partial charge in [0.15, 0.2) is 9.84 Å². The van der Waals surface area contributed by atoms with Crippen molar-refractivity contribution in [2.75, 3.05) is 11.5 Å². The molecule has 0 aliphatic rings. The van der Waals surface area contributed by atoms with Crippen molar-refractivity contribution in [2.24, 2.45) is 0 Å². The highest BCUT2D eigenvalue weighted by atomic mass is 35.5. The number of nitrogens with two attached hydrogens (primary N) is 1. The number of benzene rings is 1. The van der Waals surface area contributed by atoms with Gasteiger partial charge in [-0.1, -0.05) is 17.7 Å². The van der Waals surface area contributed by atoms with Gasteiger partial charge in [-0.05, 0) is 40.9 Å². The summed E-state index contributed by atoms with van der Waals surface area (Å²) in [6, 6.07) is 6.63. The molecule has 0 amide bonds. The predicted octanol–water partition coefficient (Wildman–Crippen LogP) is 3.00. The molecule has 2 N–H and O–H groups in total. The molecular formula is C12H12ClNO2S2. The number of halogens is 1. The lowest BCUT2D eigenvalue weighted by Gasteiger charge is -2.08. The quantitative estimate of drug-likeness (QED) is 0.883. The lowest BCUT2D eigenvalue weighted by Crippen LogP contribution is -2.11. The molecule has 0 saturated carbocycles. The molecule has 0 bridgehead atoms. The summed E-state index contributed by atoms with van der Waals surface area (Å²) in [6.07, 6.45) is 0.469. The number of sulfone groups is 1. The van der Waals surface area contributed by atoms with Gasteiger partial charge in [0.1, 0.15) is 4.90 Å². The molecule has 18 heavy (non-hydrogen) atoms. The minimum atomic E-state index is -3.45. The molecule has 0 aliphatic heterocycles. The number of thiophene rings is 1. The van der Waals surface area contributed by atoms with E-state index in [-0.39, 0.29) is 21.4 Å². The Hall–Kier alpha value is -1.04. The molecule has 6 heteroatoms. The van der Waals surface area contributed by atoms with Crippen LogP contribution in [0.5, 0.6) is 0 Å². The molecular weight excluding hydrogens is 290 g/mol. The fourth-order valence-corrected chi connectivity index (χ4v) is 4.38. The standard InChI is InChI=1S/C12H12ClNO2S2/c13-10-2-1-3-11(14)12(10)18(15,16)7-5-9-4-6-17-8-9/h1-4,6,8H,5,7,14H2. The highest BCUT2D eigenvalue weighted by Gasteiger charge is 2.20. The number of anilines is 1. The Morgan fingerprint density at radius 1 is 1.28 bits per heavy atom. The molecule has 0 spiro atoms. The lowest BCUT2D eigenvalue weighted by molar-refractivity contribution is 0.596. The Kier molecular flexibility index (Phi) is 3.94. The van der Waals surface area contributed by atoms with Crippen LogP contribution in [-0.2, 0) is 16.3 Å². The average Bonchev–Trinajstić information content (AvgIpc) is 2.78. The molecule has 0 unspecified atom stereocenters. The van der Waals surface area contributed by atoms with Gasteiger partial charge in [0, 0.05) is 0 Å². The van der Waals surface area contributed by atoms with Crippen molar-refractivity contribution in [3.63, 3.8) is 0 Å². The van der Waals surface area contributed by atoms with Crippen molar-refractivity contribution in [3.8, 4) is 0 Å². The van der Waals surface area contributed by atoms with E-state index in [0.29, 0.717) is 6.42 Å². The molecule has 0 aliphatic carbocycles. The maximum Gasteiger partial charge on any atom is 0.182 e. The third-order valence-corrected chi connectivity index (χ3v) is 5.53. The number of rotatable bonds is 4. The zero-order valence-electron chi connectivity index (χ0n) is 9.47. The lowest BCUT2D eigenvalue weighted by atomic mass is 10.3. The smallest absolute Gasteiger partial charge is 0.182 e. The SMILES string of the molecule is Nc1cccc(Cl)c1S(=O)(=O)CCc1ccsc1. The van der Waals surface area contributed by atoms with Crippen molar-refractivity contribution >= 4 is 38.5 Å². The van der Waals surface area contributed by atoms with E-state index in [0.717, 1.165) is 5.56 Å². The second-order valence-electron chi connectivity index (χ2n) is 3.86. The molecule has 2 rings (SSSR count). The summed E-state index contributed by atoms with van der Waals surface area (Å²) in [7, 11) is -3.45. The second kappa shape index (κ2) is 5.30. The van der Waals surface area contributed by atoms with Crippen LogP contribution < -0.4 is 5.73 Å². The Morgan fingerprint density at radius 2 is 2.06 bits per heavy atom. The van der Waals surface area contributed by atoms with Crippen LogP contribution >= 0.6 is 22.9 Å². The monoisotopic (exact) mass is 301 g/mol. The molecule has 0 radical (unpaired) electrons. The maximum absolute atomic E-state index is 12.2. The topological polar surface area (TPSA) is 60.2 Å². The van der Waals surface area contributed by atoms with Crippen molar-refractivity contribution in [3.05, 3.63) is 45.6 Å². The number of aryl methyl sites for hydroxylation is 1. The normalized spacial score (nSPS) is 11.6. The summed E-state index contributed by atoms with van der Waals surface area (Å²) in [5.41, 5.74) is 6.91. The third kappa shape index (κ3) is 2.85. The van der Waals surface area contributed by atoms with E-state index in [2.05, 4.69) is 0 Å². The van der Waals surface area contributed by atoms with Gasteiger partial charge in [-0.3, -0.25) is 0 Å². The van der Waals surface area contributed by atoms with E-state index in [1.54, 1.807) is 23.5 Å². The summed E-state index contributed by atoms with van der Waals surface area (Å²) < 4.78 is 24.4. The Balaban J connectivity index is 2.26. The average molecular weight is 302 g/mol. The van der Waals surface area contributed by atoms with Crippen LogP contribution in [0.1, 0.15) is 5.56 Å². The molecule has 0 fully saturated rings. The molecule has 3 nitrogen and oxygen atoms in total. The van der Waals surface area contributed by atoms with Gasteiger partial charge in [0.25, 0.3) is 0 Å². The zero-order valence-corrected chi connectivity index (χ0v) is 11.9. The molecule has 96 valence electrons. The molecule has 0 atom stereocenters. The van der Waals surface area contributed by atoms with E-state index < -0.39 is 9.84 Å². The van der Waals surface area contributed by atoms with Crippen LogP contribution in [0, 0.1) is 0 Å². The first-order chi connectivity index (χ1) is 8.50. The number of hydrogen-bond acceptors (Lipinski definition) is 4. The largest absolute Gasteiger partial charge is 0.398 e. The summed E-state index contributed by atoms with van der Waals surface area (Å²) in [6.45, 7) is 0. The minimum absolute atomic E-state index is 0.0116. The number of nitrogen functional groups attached to an aromatic ring is 1. The Labute approximate surface area is 115 Å². The van der Waals surface area contributed by atoms with E-state index in [4.69, 9.17) is 17.3 Å². The van der Waals surface area contributed by atoms with Crippen molar-refractivity contribution in [1.29, 1.82) is 0 Å². The van der Waals surface area contributed by atoms with Gasteiger partial charge in [-0.15, -0.1) is 0 Å². The van der Waals surface area contributed by atoms with E-state index in [1.165, 1.54) is 6.07 Å². The van der Waals surface area contributed by atoms with Gasteiger partial charge >= 0.3 is 0 Å². The molecule has 1 aromatic heterocycles. The van der Waals surface area contributed by atoms with Crippen LogP contribution in [-0.4, -0.2) is 14.2 Å². The van der Waals surface area contributed by atoms with E-state index in [9.17, 15) is 8.42 Å². The third-order valence-electron chi connectivity index (χ3n) is 2.55. The molecule has 1 heterocycles. The molecule has 2 aromatic rings. The number of hydrogen-bond donors (Lipinski definition) is 1. The van der Waals surface area contributed by atoms with Crippen LogP contribution in [0.3, 0.4) is 0 Å². The van der Waals surface area contributed by atoms with Crippen molar-refractivity contribution in [1.82, 2.24) is 0 Å². The van der Waals surface area contributed by atoms with Crippen molar-refractivity contribution in [2.45, 2.75) is 11.3 Å². The molecule has 0 saturated heterocycles. The Morgan fingerprint density at radius 3 is 2.67 bits per heavy atom. The maximum atomic E-state index is 12.2. The second-order valence-corrected chi connectivity index (χ2v) is 7.09. The van der Waals surface area contributed by atoms with Crippen LogP contribution in [0.4, 0.5) is 5.69 Å². The summed E-state index contributed by atoms with van der Waals surface area (Å²) in [4.78, 5) is 0.0434. The van der Waals surface area contributed by atoms with Gasteiger partial charge < -0.3 is 5.73 Å². The Bertz CT molecular complexity index is 616. The highest BCUT2D eigenvalue weighted by Crippen LogP contribution is 2.28. The first kappa shape index (κ1) is 13.4.